The number of carboxylic acids is 2. The van der Waals surface area contributed by atoms with Gasteiger partial charge in [-0.05, 0) is 64.2 Å². The molecule has 0 heterocycles. The summed E-state index contributed by atoms with van der Waals surface area (Å²) in [6, 6.07) is 0. The Hall–Kier alpha value is -0.658. The van der Waals surface area contributed by atoms with Crippen molar-refractivity contribution in [3.05, 3.63) is 24.3 Å². The molecule has 4 radical (unpaired) electrons. The van der Waals surface area contributed by atoms with Crippen molar-refractivity contribution in [2.24, 2.45) is 0 Å². The summed E-state index contributed by atoms with van der Waals surface area (Å²) in [5, 5.41) is 17.0. The summed E-state index contributed by atoms with van der Waals surface area (Å²) in [5.41, 5.74) is 0. The van der Waals surface area contributed by atoms with Crippen LogP contribution in [0.25, 0.3) is 0 Å². The third kappa shape index (κ3) is 45.6. The summed E-state index contributed by atoms with van der Waals surface area (Å²) in [6.45, 7) is 4.48. The van der Waals surface area contributed by atoms with Gasteiger partial charge in [0.25, 0.3) is 0 Å². The number of allylic oxidation sites excluding steroid dienone is 4. The molecule has 0 aliphatic carbocycles. The van der Waals surface area contributed by atoms with Crippen molar-refractivity contribution >= 4 is 39.2 Å². The van der Waals surface area contributed by atoms with E-state index in [0.29, 0.717) is 12.8 Å². The van der Waals surface area contributed by atoms with E-state index in [0.717, 1.165) is 25.7 Å². The molecule has 0 aliphatic rings. The van der Waals surface area contributed by atoms with Gasteiger partial charge in [0, 0.05) is 40.1 Å². The largest absolute Gasteiger partial charge is 0.481 e. The molecule has 0 rings (SSSR count). The number of aliphatic carboxylic acids is 2. The van der Waals surface area contributed by atoms with E-state index >= 15 is 0 Å². The Kier molecular flexibility index (Phi) is 41.4. The molecule has 0 saturated carbocycles. The molecule has 0 aromatic rings. The van der Waals surface area contributed by atoms with Gasteiger partial charge >= 0.3 is 11.9 Å². The van der Waals surface area contributed by atoms with E-state index in [9.17, 15) is 9.59 Å². The summed E-state index contributed by atoms with van der Waals surface area (Å²) in [7, 11) is 0. The third-order valence-corrected chi connectivity index (χ3v) is 6.30. The molecule has 0 fully saturated rings. The summed E-state index contributed by atoms with van der Waals surface area (Å²) in [6.07, 6.45) is 36.6. The van der Waals surface area contributed by atoms with Crippen molar-refractivity contribution in [2.75, 3.05) is 0 Å². The first-order valence-corrected chi connectivity index (χ1v) is 15.3. The van der Waals surface area contributed by atoms with Crippen molar-refractivity contribution in [3.8, 4) is 0 Å². The molecule has 5 heteroatoms. The molecule has 0 aromatic carbocycles. The average molecular weight is 716 g/mol. The summed E-state index contributed by atoms with van der Waals surface area (Å²) in [5.74, 6) is -1.33. The van der Waals surface area contributed by atoms with E-state index in [1.807, 2.05) is 0 Å². The normalized spacial score (nSPS) is 10.9. The second kappa shape index (κ2) is 37.5. The van der Waals surface area contributed by atoms with Gasteiger partial charge < -0.3 is 10.2 Å². The van der Waals surface area contributed by atoms with Crippen LogP contribution in [0, 0.1) is 0 Å². The van der Waals surface area contributed by atoms with Gasteiger partial charge in [0.05, 0.1) is 0 Å². The molecule has 2 N–H and O–H groups in total. The molecule has 0 saturated heterocycles. The van der Waals surface area contributed by atoms with Crippen molar-refractivity contribution < 1.29 is 19.8 Å². The van der Waals surface area contributed by atoms with E-state index < -0.39 is 11.9 Å². The summed E-state index contributed by atoms with van der Waals surface area (Å²) >= 11 is 0. The van der Waals surface area contributed by atoms with Crippen molar-refractivity contribution in [1.29, 1.82) is 0 Å². The van der Waals surface area contributed by atoms with Crippen LogP contribution in [0.5, 0.6) is 0 Å². The first-order valence-electron chi connectivity index (χ1n) is 15.3. The van der Waals surface area contributed by atoms with Crippen LogP contribution in [-0.4, -0.2) is 49.5 Å². The Bertz CT molecular complexity index is 471. The van der Waals surface area contributed by atoms with Crippen LogP contribution in [0.2, 0.25) is 0 Å². The van der Waals surface area contributed by atoms with Gasteiger partial charge in [-0.15, -0.1) is 0 Å². The predicted molar refractivity (Wildman–Crippen MR) is 161 cm³/mol. The number of carbonyl (C=O) groups is 2. The third-order valence-electron chi connectivity index (χ3n) is 6.30. The molecular formula is C32H60O4Pb. The predicted octanol–water partition coefficient (Wildman–Crippen LogP) is 10.3. The Morgan fingerprint density at radius 2 is 0.676 bits per heavy atom. The second-order valence-electron chi connectivity index (χ2n) is 10.0. The quantitative estimate of drug-likeness (QED) is 0.0531. The smallest absolute Gasteiger partial charge is 0.303 e. The Morgan fingerprint density at radius 3 is 0.946 bits per heavy atom. The van der Waals surface area contributed by atoms with Crippen LogP contribution in [-0.2, 0) is 9.59 Å². The second-order valence-corrected chi connectivity index (χ2v) is 10.0. The van der Waals surface area contributed by atoms with Crippen LogP contribution < -0.4 is 0 Å². The molecule has 4 nitrogen and oxygen atoms in total. The molecule has 0 bridgehead atoms. The number of unbranched alkanes of at least 4 members (excludes halogenated alkanes) is 18. The Labute approximate surface area is 250 Å². The molecule has 216 valence electrons. The number of hydrogen-bond donors (Lipinski definition) is 2. The molecule has 0 unspecified atom stereocenters. The van der Waals surface area contributed by atoms with Crippen LogP contribution in [0.3, 0.4) is 0 Å². The van der Waals surface area contributed by atoms with Crippen LogP contribution in [0.1, 0.15) is 168 Å². The van der Waals surface area contributed by atoms with Crippen molar-refractivity contribution in [2.45, 2.75) is 168 Å². The zero-order valence-corrected chi connectivity index (χ0v) is 28.4. The summed E-state index contributed by atoms with van der Waals surface area (Å²) < 4.78 is 0. The number of carboxylic acid groups (broad SMARTS) is 2. The van der Waals surface area contributed by atoms with Gasteiger partial charge in [0.15, 0.2) is 0 Å². The molecule has 0 atom stereocenters. The molecule has 0 aliphatic heterocycles. The van der Waals surface area contributed by atoms with Gasteiger partial charge in [-0.2, -0.15) is 0 Å². The minimum absolute atomic E-state index is 0. The van der Waals surface area contributed by atoms with E-state index in [1.165, 1.54) is 116 Å². The van der Waals surface area contributed by atoms with E-state index in [2.05, 4.69) is 38.2 Å². The fourth-order valence-corrected chi connectivity index (χ4v) is 3.99. The van der Waals surface area contributed by atoms with Crippen LogP contribution >= 0.6 is 0 Å². The van der Waals surface area contributed by atoms with Gasteiger partial charge in [-0.3, -0.25) is 9.59 Å². The van der Waals surface area contributed by atoms with Crippen LogP contribution in [0.4, 0.5) is 0 Å². The first kappa shape index (κ1) is 40.8. The Balaban J connectivity index is -0.000000608. The summed E-state index contributed by atoms with van der Waals surface area (Å²) in [4.78, 5) is 20.6. The molecular weight excluding hydrogens is 656 g/mol. The fraction of sp³-hybridized carbons (Fsp3) is 0.812. The molecule has 37 heavy (non-hydrogen) atoms. The molecule has 0 spiro atoms. The van der Waals surface area contributed by atoms with E-state index in [4.69, 9.17) is 10.2 Å². The maximum Gasteiger partial charge on any atom is 0.303 e. The van der Waals surface area contributed by atoms with Gasteiger partial charge in [0.1, 0.15) is 0 Å². The Morgan fingerprint density at radius 1 is 0.432 bits per heavy atom. The number of rotatable bonds is 26. The van der Waals surface area contributed by atoms with E-state index in [1.54, 1.807) is 0 Å². The standard InChI is InChI=1S/2C16H30O2.Pb/c2*1-2-3-4-5-6-7-8-9-10-11-12-13-14-15-16(17)18;/h2*7-8H,2-6,9-15H2,1H3,(H,17,18);/b2*8-7-;. The zero-order chi connectivity index (χ0) is 27.0. The maximum atomic E-state index is 10.3. The van der Waals surface area contributed by atoms with Crippen molar-refractivity contribution in [3.63, 3.8) is 0 Å². The van der Waals surface area contributed by atoms with Crippen molar-refractivity contribution in [1.82, 2.24) is 0 Å². The number of hydrogen-bond acceptors (Lipinski definition) is 2. The fourth-order valence-electron chi connectivity index (χ4n) is 3.99. The first-order chi connectivity index (χ1) is 17.5. The van der Waals surface area contributed by atoms with Gasteiger partial charge in [0.2, 0.25) is 0 Å². The van der Waals surface area contributed by atoms with E-state index in [-0.39, 0.29) is 27.3 Å². The average Bonchev–Trinajstić information content (AvgIpc) is 2.85. The monoisotopic (exact) mass is 716 g/mol. The minimum atomic E-state index is -0.666. The topological polar surface area (TPSA) is 74.6 Å². The minimum Gasteiger partial charge on any atom is -0.481 e. The molecule has 0 aromatic heterocycles. The zero-order valence-electron chi connectivity index (χ0n) is 24.5. The maximum absolute atomic E-state index is 10.3. The SMILES string of the molecule is CCCCCC/C=C\CCCCCCCC(=O)O.CCCCCC/C=C\CCCCCCCC(=O)O.[Pb]. The van der Waals surface area contributed by atoms with Crippen LogP contribution in [0.15, 0.2) is 24.3 Å². The molecule has 0 amide bonds. The van der Waals surface area contributed by atoms with Gasteiger partial charge in [-0.1, -0.05) is 115 Å². The van der Waals surface area contributed by atoms with Gasteiger partial charge in [-0.25, -0.2) is 0 Å².